The molecule has 0 radical (unpaired) electrons. The average Bonchev–Trinajstić information content (AvgIpc) is 3.53. The monoisotopic (exact) mass is 449 g/mol. The molecule has 1 atom stereocenters. The van der Waals surface area contributed by atoms with Gasteiger partial charge in [0.25, 0.3) is 0 Å². The standard InChI is InChI=1S/C23H20ClN5O3/c1-28-21(14-7-9-15(10-8-14)22(30)31)25-26-23(28)29-11-3-6-19(29)18-13-20(32-27-18)16-4-2-5-17(24)12-16/h2,4-5,7-10,12-13,19H,3,6,11H2,1H3,(H,30,31). The van der Waals surface area contributed by atoms with Gasteiger partial charge in [-0.25, -0.2) is 4.79 Å². The third-order valence-corrected chi connectivity index (χ3v) is 5.97. The van der Waals surface area contributed by atoms with Crippen molar-refractivity contribution in [3.05, 3.63) is 70.9 Å². The van der Waals surface area contributed by atoms with Crippen molar-refractivity contribution < 1.29 is 14.4 Å². The second-order valence-electron chi connectivity index (χ2n) is 7.74. The summed E-state index contributed by atoms with van der Waals surface area (Å²) in [6.07, 6.45) is 1.93. The lowest BCUT2D eigenvalue weighted by Gasteiger charge is -2.23. The molecule has 1 aliphatic rings. The fourth-order valence-electron chi connectivity index (χ4n) is 4.12. The number of rotatable bonds is 5. The summed E-state index contributed by atoms with van der Waals surface area (Å²) >= 11 is 6.11. The highest BCUT2D eigenvalue weighted by Gasteiger charge is 2.32. The molecular formula is C23H20ClN5O3. The first kappa shape index (κ1) is 20.3. The third-order valence-electron chi connectivity index (χ3n) is 5.73. The second kappa shape index (κ2) is 8.12. The molecule has 1 N–H and O–H groups in total. The highest BCUT2D eigenvalue weighted by molar-refractivity contribution is 6.30. The zero-order valence-corrected chi connectivity index (χ0v) is 18.0. The Kier molecular flexibility index (Phi) is 5.14. The predicted octanol–water partition coefficient (Wildman–Crippen LogP) is 4.83. The average molecular weight is 450 g/mol. The van der Waals surface area contributed by atoms with Gasteiger partial charge in [-0.3, -0.25) is 4.57 Å². The zero-order valence-electron chi connectivity index (χ0n) is 17.3. The molecule has 1 aliphatic heterocycles. The molecule has 162 valence electrons. The maximum Gasteiger partial charge on any atom is 0.335 e. The van der Waals surface area contributed by atoms with Gasteiger partial charge in [0.2, 0.25) is 5.95 Å². The fourth-order valence-corrected chi connectivity index (χ4v) is 4.31. The lowest BCUT2D eigenvalue weighted by Crippen LogP contribution is -2.25. The first-order valence-corrected chi connectivity index (χ1v) is 10.6. The minimum Gasteiger partial charge on any atom is -0.478 e. The smallest absolute Gasteiger partial charge is 0.335 e. The van der Waals surface area contributed by atoms with Crippen LogP contribution in [0, 0.1) is 0 Å². The number of anilines is 1. The van der Waals surface area contributed by atoms with Crippen LogP contribution in [-0.4, -0.2) is 37.5 Å². The van der Waals surface area contributed by atoms with Crippen LogP contribution in [0.3, 0.4) is 0 Å². The Hall–Kier alpha value is -3.65. The van der Waals surface area contributed by atoms with Gasteiger partial charge >= 0.3 is 5.97 Å². The van der Waals surface area contributed by atoms with E-state index in [9.17, 15) is 4.79 Å². The largest absolute Gasteiger partial charge is 0.478 e. The van der Waals surface area contributed by atoms with Gasteiger partial charge in [-0.1, -0.05) is 41.0 Å². The summed E-state index contributed by atoms with van der Waals surface area (Å²) in [6, 6.07) is 16.1. The van der Waals surface area contributed by atoms with E-state index < -0.39 is 5.97 Å². The van der Waals surface area contributed by atoms with Crippen LogP contribution in [0.25, 0.3) is 22.7 Å². The first-order chi connectivity index (χ1) is 15.5. The number of carbonyl (C=O) groups is 1. The van der Waals surface area contributed by atoms with E-state index >= 15 is 0 Å². The van der Waals surface area contributed by atoms with Gasteiger partial charge in [0, 0.05) is 35.8 Å². The Morgan fingerprint density at radius 3 is 2.69 bits per heavy atom. The highest BCUT2D eigenvalue weighted by Crippen LogP contribution is 2.37. The number of nitrogens with zero attached hydrogens (tertiary/aromatic N) is 5. The Balaban J connectivity index is 1.42. The molecule has 3 heterocycles. The van der Waals surface area contributed by atoms with Crippen LogP contribution >= 0.6 is 11.6 Å². The second-order valence-corrected chi connectivity index (χ2v) is 8.18. The summed E-state index contributed by atoms with van der Waals surface area (Å²) in [7, 11) is 1.91. The van der Waals surface area contributed by atoms with Gasteiger partial charge in [0.15, 0.2) is 11.6 Å². The minimum atomic E-state index is -0.958. The number of carboxylic acids is 1. The fraction of sp³-hybridized carbons (Fsp3) is 0.217. The van der Waals surface area contributed by atoms with Crippen molar-refractivity contribution in [2.45, 2.75) is 18.9 Å². The normalized spacial score (nSPS) is 15.9. The van der Waals surface area contributed by atoms with Crippen LogP contribution in [0.1, 0.15) is 34.9 Å². The summed E-state index contributed by atoms with van der Waals surface area (Å²) in [5, 5.41) is 22.9. The van der Waals surface area contributed by atoms with Crippen LogP contribution in [0.15, 0.2) is 59.1 Å². The van der Waals surface area contributed by atoms with E-state index in [-0.39, 0.29) is 11.6 Å². The SMILES string of the molecule is Cn1c(-c2ccc(C(=O)O)cc2)nnc1N1CCCC1c1cc(-c2cccc(Cl)c2)on1. The molecule has 0 aliphatic carbocycles. The van der Waals surface area contributed by atoms with E-state index in [0.717, 1.165) is 42.2 Å². The molecule has 9 heteroatoms. The molecule has 2 aromatic carbocycles. The summed E-state index contributed by atoms with van der Waals surface area (Å²) in [4.78, 5) is 13.3. The molecule has 4 aromatic rings. The molecule has 1 fully saturated rings. The van der Waals surface area contributed by atoms with E-state index in [0.29, 0.717) is 16.6 Å². The molecule has 0 saturated carbocycles. The molecule has 1 saturated heterocycles. The summed E-state index contributed by atoms with van der Waals surface area (Å²) in [5.41, 5.74) is 2.76. The van der Waals surface area contributed by atoms with E-state index in [1.54, 1.807) is 24.3 Å². The number of aromatic carboxylic acids is 1. The van der Waals surface area contributed by atoms with Crippen LogP contribution < -0.4 is 4.90 Å². The molecular weight excluding hydrogens is 430 g/mol. The maximum atomic E-state index is 11.1. The van der Waals surface area contributed by atoms with Gasteiger partial charge in [-0.15, -0.1) is 10.2 Å². The van der Waals surface area contributed by atoms with Gasteiger partial charge in [0.05, 0.1) is 11.6 Å². The van der Waals surface area contributed by atoms with Crippen molar-refractivity contribution in [2.24, 2.45) is 7.05 Å². The Labute approximate surface area is 189 Å². The van der Waals surface area contributed by atoms with Crippen molar-refractivity contribution >= 4 is 23.5 Å². The number of hydrogen-bond acceptors (Lipinski definition) is 6. The van der Waals surface area contributed by atoms with E-state index in [2.05, 4.69) is 20.3 Å². The first-order valence-electron chi connectivity index (χ1n) is 10.2. The van der Waals surface area contributed by atoms with Crippen molar-refractivity contribution in [1.29, 1.82) is 0 Å². The van der Waals surface area contributed by atoms with Crippen LogP contribution in [-0.2, 0) is 7.05 Å². The van der Waals surface area contributed by atoms with Crippen LogP contribution in [0.5, 0.6) is 0 Å². The van der Waals surface area contributed by atoms with Gasteiger partial charge in [0.1, 0.15) is 5.69 Å². The Morgan fingerprint density at radius 2 is 1.94 bits per heavy atom. The number of halogens is 1. The van der Waals surface area contributed by atoms with E-state index in [4.69, 9.17) is 21.2 Å². The molecule has 2 aromatic heterocycles. The summed E-state index contributed by atoms with van der Waals surface area (Å²) in [6.45, 7) is 0.827. The number of aromatic nitrogens is 4. The molecule has 0 bridgehead atoms. The quantitative estimate of drug-likeness (QED) is 0.466. The topological polar surface area (TPSA) is 97.3 Å². The van der Waals surface area contributed by atoms with Crippen LogP contribution in [0.4, 0.5) is 5.95 Å². The lowest BCUT2D eigenvalue weighted by molar-refractivity contribution is 0.0697. The molecule has 8 nitrogen and oxygen atoms in total. The predicted molar refractivity (Wildman–Crippen MR) is 120 cm³/mol. The Bertz CT molecular complexity index is 1280. The Morgan fingerprint density at radius 1 is 1.12 bits per heavy atom. The van der Waals surface area contributed by atoms with Crippen molar-refractivity contribution in [3.8, 4) is 22.7 Å². The van der Waals surface area contributed by atoms with Crippen molar-refractivity contribution in [2.75, 3.05) is 11.4 Å². The summed E-state index contributed by atoms with van der Waals surface area (Å²) < 4.78 is 7.53. The number of hydrogen-bond donors (Lipinski definition) is 1. The maximum absolute atomic E-state index is 11.1. The molecule has 1 unspecified atom stereocenters. The zero-order chi connectivity index (χ0) is 22.2. The third kappa shape index (κ3) is 3.62. The van der Waals surface area contributed by atoms with Gasteiger partial charge in [-0.05, 0) is 37.1 Å². The molecule has 0 spiro atoms. The van der Waals surface area contributed by atoms with Crippen LogP contribution in [0.2, 0.25) is 5.02 Å². The van der Waals surface area contributed by atoms with Gasteiger partial charge < -0.3 is 14.5 Å². The van der Waals surface area contributed by atoms with Crippen molar-refractivity contribution in [3.63, 3.8) is 0 Å². The van der Waals surface area contributed by atoms with E-state index in [1.165, 1.54) is 0 Å². The molecule has 32 heavy (non-hydrogen) atoms. The molecule has 5 rings (SSSR count). The number of carboxylic acid groups (broad SMARTS) is 1. The summed E-state index contributed by atoms with van der Waals surface area (Å²) in [5.74, 6) is 1.12. The lowest BCUT2D eigenvalue weighted by atomic mass is 10.1. The minimum absolute atomic E-state index is 0.0248. The van der Waals surface area contributed by atoms with Crippen molar-refractivity contribution in [1.82, 2.24) is 19.9 Å². The van der Waals surface area contributed by atoms with E-state index in [1.807, 2.05) is 41.9 Å². The van der Waals surface area contributed by atoms with Gasteiger partial charge in [-0.2, -0.15) is 0 Å². The number of benzene rings is 2. The molecule has 0 amide bonds. The highest BCUT2D eigenvalue weighted by atomic mass is 35.5.